The molecule has 1 unspecified atom stereocenters. The molecule has 0 fully saturated rings. The fraction of sp³-hybridized carbons (Fsp3) is 0.235. The largest absolute Gasteiger partial charge is 0.495 e. The molecule has 0 aliphatic heterocycles. The number of hydrogen-bond donors (Lipinski definition) is 1. The summed E-state index contributed by atoms with van der Waals surface area (Å²) in [5.41, 5.74) is 1.16. The summed E-state index contributed by atoms with van der Waals surface area (Å²) in [6.07, 6.45) is -0.781. The highest BCUT2D eigenvalue weighted by Gasteiger charge is 2.19. The number of nitrogens with one attached hydrogen (secondary N) is 1. The fourth-order valence-electron chi connectivity index (χ4n) is 2.02. The Hall–Kier alpha value is -3.09. The van der Waals surface area contributed by atoms with E-state index in [0.717, 1.165) is 5.56 Å². The quantitative estimate of drug-likeness (QED) is 0.648. The molecule has 2 aromatic carbocycles. The zero-order valence-corrected chi connectivity index (χ0v) is 13.6. The summed E-state index contributed by atoms with van der Waals surface area (Å²) >= 11 is 0. The Morgan fingerprint density at radius 3 is 2.46 bits per heavy atom. The van der Waals surface area contributed by atoms with E-state index in [2.05, 4.69) is 5.32 Å². The summed E-state index contributed by atoms with van der Waals surface area (Å²) in [5, 5.41) is 13.5. The molecule has 7 nitrogen and oxygen atoms in total. The highest BCUT2D eigenvalue weighted by atomic mass is 16.6. The molecule has 2 rings (SSSR count). The third-order valence-electron chi connectivity index (χ3n) is 3.35. The van der Waals surface area contributed by atoms with Crippen LogP contribution in [0.1, 0.15) is 12.5 Å². The molecule has 2 aromatic rings. The lowest BCUT2D eigenvalue weighted by Crippen LogP contribution is -2.30. The van der Waals surface area contributed by atoms with E-state index >= 15 is 0 Å². The molecule has 0 radical (unpaired) electrons. The van der Waals surface area contributed by atoms with E-state index < -0.39 is 16.9 Å². The molecule has 7 heteroatoms. The molecule has 0 aliphatic carbocycles. The van der Waals surface area contributed by atoms with Crippen LogP contribution in [0.25, 0.3) is 0 Å². The van der Waals surface area contributed by atoms with Gasteiger partial charge in [0.1, 0.15) is 11.5 Å². The molecule has 0 heterocycles. The van der Waals surface area contributed by atoms with Crippen LogP contribution in [-0.2, 0) is 4.79 Å². The second-order valence-electron chi connectivity index (χ2n) is 5.20. The summed E-state index contributed by atoms with van der Waals surface area (Å²) in [5.74, 6) is 0.458. The van der Waals surface area contributed by atoms with Crippen molar-refractivity contribution in [3.8, 4) is 11.5 Å². The average molecular weight is 330 g/mol. The second kappa shape index (κ2) is 7.45. The minimum absolute atomic E-state index is 0.141. The fourth-order valence-corrected chi connectivity index (χ4v) is 2.02. The first kappa shape index (κ1) is 17.3. The summed E-state index contributed by atoms with van der Waals surface area (Å²) < 4.78 is 10.7. The van der Waals surface area contributed by atoms with Gasteiger partial charge in [0, 0.05) is 12.1 Å². The highest BCUT2D eigenvalue weighted by molar-refractivity contribution is 5.95. The first-order valence-electron chi connectivity index (χ1n) is 7.27. The van der Waals surface area contributed by atoms with Crippen molar-refractivity contribution < 1.29 is 19.2 Å². The van der Waals surface area contributed by atoms with E-state index in [-0.39, 0.29) is 11.4 Å². The topological polar surface area (TPSA) is 90.7 Å². The Labute approximate surface area is 139 Å². The Bertz CT molecular complexity index is 743. The van der Waals surface area contributed by atoms with Gasteiger partial charge in [-0.2, -0.15) is 0 Å². The third-order valence-corrected chi connectivity index (χ3v) is 3.35. The van der Waals surface area contributed by atoms with E-state index in [9.17, 15) is 14.9 Å². The normalized spacial score (nSPS) is 11.5. The number of nitro groups is 1. The number of methoxy groups -OCH3 is 1. The molecule has 126 valence electrons. The van der Waals surface area contributed by atoms with Gasteiger partial charge in [-0.15, -0.1) is 0 Å². The van der Waals surface area contributed by atoms with Crippen molar-refractivity contribution in [3.05, 3.63) is 58.1 Å². The first-order valence-corrected chi connectivity index (χ1v) is 7.27. The van der Waals surface area contributed by atoms with Crippen molar-refractivity contribution in [3.63, 3.8) is 0 Å². The number of amides is 1. The molecule has 0 bridgehead atoms. The van der Waals surface area contributed by atoms with Crippen LogP contribution < -0.4 is 14.8 Å². The predicted octanol–water partition coefficient (Wildman–Crippen LogP) is 3.32. The van der Waals surface area contributed by atoms with Crippen LogP contribution in [0.3, 0.4) is 0 Å². The van der Waals surface area contributed by atoms with Crippen molar-refractivity contribution in [1.82, 2.24) is 0 Å². The monoisotopic (exact) mass is 330 g/mol. The summed E-state index contributed by atoms with van der Waals surface area (Å²) in [4.78, 5) is 22.6. The molecule has 0 saturated carbocycles. The lowest BCUT2D eigenvalue weighted by molar-refractivity contribution is -0.384. The summed E-state index contributed by atoms with van der Waals surface area (Å²) in [7, 11) is 1.42. The van der Waals surface area contributed by atoms with Crippen LogP contribution in [0.2, 0.25) is 0 Å². The molecular formula is C17H18N2O5. The van der Waals surface area contributed by atoms with Crippen LogP contribution in [0.5, 0.6) is 11.5 Å². The van der Waals surface area contributed by atoms with Gasteiger partial charge in [-0.1, -0.05) is 17.7 Å². The maximum absolute atomic E-state index is 12.3. The van der Waals surface area contributed by atoms with Gasteiger partial charge in [-0.3, -0.25) is 14.9 Å². The van der Waals surface area contributed by atoms with Crippen molar-refractivity contribution in [2.24, 2.45) is 0 Å². The summed E-state index contributed by atoms with van der Waals surface area (Å²) in [6.45, 7) is 3.55. The maximum Gasteiger partial charge on any atom is 0.271 e. The van der Waals surface area contributed by atoms with Crippen molar-refractivity contribution in [1.29, 1.82) is 0 Å². The maximum atomic E-state index is 12.3. The lowest BCUT2D eigenvalue weighted by Gasteiger charge is -2.16. The molecule has 1 atom stereocenters. The van der Waals surface area contributed by atoms with E-state index in [1.165, 1.54) is 25.3 Å². The van der Waals surface area contributed by atoms with Gasteiger partial charge in [-0.05, 0) is 32.0 Å². The minimum atomic E-state index is -0.781. The number of carbonyl (C=O) groups excluding carboxylic acids is 1. The Balaban J connectivity index is 2.11. The first-order chi connectivity index (χ1) is 11.4. The molecule has 0 saturated heterocycles. The van der Waals surface area contributed by atoms with E-state index in [1.807, 2.05) is 19.1 Å². The summed E-state index contributed by atoms with van der Waals surface area (Å²) in [6, 6.07) is 11.3. The molecule has 0 spiro atoms. The van der Waals surface area contributed by atoms with Crippen LogP contribution >= 0.6 is 0 Å². The number of nitrogens with zero attached hydrogens (tertiary/aromatic N) is 1. The smallest absolute Gasteiger partial charge is 0.271 e. The Morgan fingerprint density at radius 1 is 1.21 bits per heavy atom. The number of rotatable bonds is 6. The zero-order valence-electron chi connectivity index (χ0n) is 13.6. The SMILES string of the molecule is COc1ccc([N+](=O)[O-])cc1NC(=O)C(C)Oc1ccc(C)cc1. The molecule has 24 heavy (non-hydrogen) atoms. The molecule has 0 aliphatic rings. The van der Waals surface area contributed by atoms with E-state index in [0.29, 0.717) is 11.5 Å². The number of carbonyl (C=O) groups is 1. The van der Waals surface area contributed by atoms with E-state index in [1.54, 1.807) is 19.1 Å². The number of ether oxygens (including phenoxy) is 2. The number of hydrogen-bond acceptors (Lipinski definition) is 5. The molecule has 1 amide bonds. The predicted molar refractivity (Wildman–Crippen MR) is 89.5 cm³/mol. The molecule has 1 N–H and O–H groups in total. The number of aryl methyl sites for hydroxylation is 1. The van der Waals surface area contributed by atoms with Crippen molar-refractivity contribution in [2.75, 3.05) is 12.4 Å². The van der Waals surface area contributed by atoms with Crippen molar-refractivity contribution >= 4 is 17.3 Å². The number of benzene rings is 2. The zero-order chi connectivity index (χ0) is 17.7. The van der Waals surface area contributed by atoms with Crippen molar-refractivity contribution in [2.45, 2.75) is 20.0 Å². The van der Waals surface area contributed by atoms with Gasteiger partial charge in [0.15, 0.2) is 6.10 Å². The number of non-ortho nitro benzene ring substituents is 1. The Kier molecular flexibility index (Phi) is 5.36. The van der Waals surface area contributed by atoms with Gasteiger partial charge >= 0.3 is 0 Å². The lowest BCUT2D eigenvalue weighted by atomic mass is 10.2. The average Bonchev–Trinajstić information content (AvgIpc) is 2.56. The van der Waals surface area contributed by atoms with Crippen LogP contribution in [-0.4, -0.2) is 24.0 Å². The molecular weight excluding hydrogens is 312 g/mol. The van der Waals surface area contributed by atoms with E-state index in [4.69, 9.17) is 9.47 Å². The van der Waals surface area contributed by atoms with Gasteiger partial charge < -0.3 is 14.8 Å². The van der Waals surface area contributed by atoms with Gasteiger partial charge in [0.05, 0.1) is 17.7 Å². The van der Waals surface area contributed by atoms with Crippen LogP contribution in [0.4, 0.5) is 11.4 Å². The minimum Gasteiger partial charge on any atom is -0.495 e. The Morgan fingerprint density at radius 2 is 1.88 bits per heavy atom. The number of anilines is 1. The van der Waals surface area contributed by atoms with Gasteiger partial charge in [-0.25, -0.2) is 0 Å². The number of nitro benzene ring substituents is 1. The molecule has 0 aromatic heterocycles. The van der Waals surface area contributed by atoms with Crippen LogP contribution in [0.15, 0.2) is 42.5 Å². The third kappa shape index (κ3) is 4.22. The van der Waals surface area contributed by atoms with Gasteiger partial charge in [0.2, 0.25) is 0 Å². The van der Waals surface area contributed by atoms with Crippen LogP contribution in [0, 0.1) is 17.0 Å². The van der Waals surface area contributed by atoms with Gasteiger partial charge in [0.25, 0.3) is 11.6 Å². The standard InChI is InChI=1S/C17H18N2O5/c1-11-4-7-14(8-5-11)24-12(2)17(20)18-15-10-13(19(21)22)6-9-16(15)23-3/h4-10,12H,1-3H3,(H,18,20). The second-order valence-corrected chi connectivity index (χ2v) is 5.20. The highest BCUT2D eigenvalue weighted by Crippen LogP contribution is 2.29.